The molecule has 0 aliphatic carbocycles. The zero-order valence-corrected chi connectivity index (χ0v) is 14.5. The lowest BCUT2D eigenvalue weighted by atomic mass is 10.2. The highest BCUT2D eigenvalue weighted by atomic mass is 16.1. The maximum Gasteiger partial charge on any atom is 0.231 e. The topological polar surface area (TPSA) is 108 Å². The quantitative estimate of drug-likeness (QED) is 0.432. The highest BCUT2D eigenvalue weighted by molar-refractivity contribution is 5.89. The van der Waals surface area contributed by atoms with Gasteiger partial charge in [-0.1, -0.05) is 18.2 Å². The van der Waals surface area contributed by atoms with Crippen LogP contribution >= 0.6 is 0 Å². The summed E-state index contributed by atoms with van der Waals surface area (Å²) in [6, 6.07) is 17.0. The number of carbonyl (C=O) groups is 1. The third kappa shape index (κ3) is 3.84. The van der Waals surface area contributed by atoms with Gasteiger partial charge in [0, 0.05) is 24.0 Å². The molecule has 2 aromatic carbocycles. The van der Waals surface area contributed by atoms with Crippen LogP contribution in [0.2, 0.25) is 0 Å². The number of aromatic amines is 1. The Morgan fingerprint density at radius 1 is 0.889 bits per heavy atom. The number of carbonyl (C=O) groups excluding carboxylic acids is 1. The van der Waals surface area contributed by atoms with E-state index in [1.807, 2.05) is 54.6 Å². The third-order valence-electron chi connectivity index (χ3n) is 3.78. The molecule has 0 radical (unpaired) electrons. The number of H-pyrrole nitrogens is 1. The normalized spacial score (nSPS) is 10.6. The molecule has 4 N–H and O–H groups in total. The lowest BCUT2D eigenvalue weighted by Gasteiger charge is -2.10. The van der Waals surface area contributed by atoms with Crippen LogP contribution in [0.4, 0.5) is 28.8 Å². The molecule has 4 aromatic rings. The van der Waals surface area contributed by atoms with E-state index in [0.29, 0.717) is 22.9 Å². The van der Waals surface area contributed by atoms with Crippen LogP contribution in [-0.2, 0) is 4.79 Å². The number of hydrogen-bond donors (Lipinski definition) is 4. The number of hydrogen-bond acceptors (Lipinski definition) is 6. The highest BCUT2D eigenvalue weighted by Crippen LogP contribution is 2.25. The van der Waals surface area contributed by atoms with Gasteiger partial charge in [-0.15, -0.1) is 0 Å². The van der Waals surface area contributed by atoms with Gasteiger partial charge in [0.05, 0.1) is 6.33 Å². The first-order valence-corrected chi connectivity index (χ1v) is 8.35. The lowest BCUT2D eigenvalue weighted by Crippen LogP contribution is -2.05. The molecule has 8 nitrogen and oxygen atoms in total. The molecule has 0 bridgehead atoms. The van der Waals surface area contributed by atoms with Crippen molar-refractivity contribution in [3.05, 3.63) is 60.9 Å². The summed E-state index contributed by atoms with van der Waals surface area (Å²) in [6.45, 7) is 1.48. The molecule has 0 atom stereocenters. The first kappa shape index (κ1) is 16.5. The van der Waals surface area contributed by atoms with E-state index in [1.54, 1.807) is 6.33 Å². The van der Waals surface area contributed by atoms with Crippen molar-refractivity contribution >= 4 is 45.9 Å². The molecule has 0 saturated carbocycles. The van der Waals surface area contributed by atoms with E-state index >= 15 is 0 Å². The number of fused-ring (bicyclic) bond motifs is 1. The molecule has 0 aliphatic rings. The van der Waals surface area contributed by atoms with Crippen LogP contribution < -0.4 is 16.0 Å². The monoisotopic (exact) mass is 359 g/mol. The number of imidazole rings is 1. The Hall–Kier alpha value is -3.94. The molecule has 0 spiro atoms. The van der Waals surface area contributed by atoms with Gasteiger partial charge in [-0.25, -0.2) is 4.98 Å². The van der Waals surface area contributed by atoms with Gasteiger partial charge in [-0.3, -0.25) is 4.79 Å². The van der Waals surface area contributed by atoms with E-state index in [4.69, 9.17) is 0 Å². The second-order valence-electron chi connectivity index (χ2n) is 5.87. The van der Waals surface area contributed by atoms with Crippen LogP contribution in [0.1, 0.15) is 6.92 Å². The lowest BCUT2D eigenvalue weighted by molar-refractivity contribution is -0.114. The van der Waals surface area contributed by atoms with E-state index < -0.39 is 0 Å². The molecule has 0 fully saturated rings. The van der Waals surface area contributed by atoms with E-state index in [9.17, 15) is 4.79 Å². The third-order valence-corrected chi connectivity index (χ3v) is 3.78. The number of amides is 1. The van der Waals surface area contributed by atoms with Gasteiger partial charge < -0.3 is 20.9 Å². The Labute approximate surface area is 155 Å². The summed E-state index contributed by atoms with van der Waals surface area (Å²) < 4.78 is 0. The zero-order valence-electron chi connectivity index (χ0n) is 14.5. The largest absolute Gasteiger partial charge is 0.340 e. The fraction of sp³-hybridized carbons (Fsp3) is 0.0526. The molecule has 134 valence electrons. The summed E-state index contributed by atoms with van der Waals surface area (Å²) in [6.07, 6.45) is 1.58. The number of nitrogens with one attached hydrogen (secondary N) is 4. The molecule has 2 aromatic heterocycles. The molecule has 0 saturated heterocycles. The fourth-order valence-electron chi connectivity index (χ4n) is 2.61. The predicted octanol–water partition coefficient (Wildman–Crippen LogP) is 3.80. The Bertz CT molecular complexity index is 1070. The van der Waals surface area contributed by atoms with E-state index in [0.717, 1.165) is 17.1 Å². The fourth-order valence-corrected chi connectivity index (χ4v) is 2.61. The highest BCUT2D eigenvalue weighted by Gasteiger charge is 2.11. The van der Waals surface area contributed by atoms with Crippen LogP contribution in [-0.4, -0.2) is 25.8 Å². The first-order valence-electron chi connectivity index (χ1n) is 8.35. The van der Waals surface area contributed by atoms with Crippen molar-refractivity contribution in [2.75, 3.05) is 16.0 Å². The predicted molar refractivity (Wildman–Crippen MR) is 105 cm³/mol. The minimum Gasteiger partial charge on any atom is -0.340 e. The van der Waals surface area contributed by atoms with Crippen LogP contribution in [0.15, 0.2) is 60.9 Å². The van der Waals surface area contributed by atoms with Crippen molar-refractivity contribution in [3.63, 3.8) is 0 Å². The minimum atomic E-state index is -0.109. The van der Waals surface area contributed by atoms with Gasteiger partial charge in [0.25, 0.3) is 0 Å². The summed E-state index contributed by atoms with van der Waals surface area (Å²) in [4.78, 5) is 27.4. The van der Waals surface area contributed by atoms with Gasteiger partial charge in [-0.2, -0.15) is 9.97 Å². The van der Waals surface area contributed by atoms with Crippen LogP contribution in [0.25, 0.3) is 11.2 Å². The summed E-state index contributed by atoms with van der Waals surface area (Å²) in [7, 11) is 0. The number of anilines is 5. The van der Waals surface area contributed by atoms with Crippen LogP contribution in [0.3, 0.4) is 0 Å². The van der Waals surface area contributed by atoms with E-state index in [1.165, 1.54) is 6.92 Å². The number of benzene rings is 2. The number of aromatic nitrogens is 4. The molecule has 2 heterocycles. The van der Waals surface area contributed by atoms with Crippen molar-refractivity contribution in [1.82, 2.24) is 19.9 Å². The Morgan fingerprint density at radius 3 is 2.33 bits per heavy atom. The summed E-state index contributed by atoms with van der Waals surface area (Å²) in [5.74, 6) is 0.934. The standard InChI is InChI=1S/C19H17N7O/c1-12(27)22-14-7-9-15(10-8-14)23-18-16-17(21-11-20-16)25-19(26-18)24-13-5-3-2-4-6-13/h2-11H,1H3,(H,22,27)(H3,20,21,23,24,25,26). The first-order chi connectivity index (χ1) is 13.2. The van der Waals surface area contributed by atoms with Crippen LogP contribution in [0, 0.1) is 0 Å². The van der Waals surface area contributed by atoms with Crippen molar-refractivity contribution in [2.45, 2.75) is 6.92 Å². The molecule has 8 heteroatoms. The SMILES string of the molecule is CC(=O)Nc1ccc(Nc2nc(Nc3ccccc3)nc3nc[nH]c23)cc1. The zero-order chi connectivity index (χ0) is 18.6. The molecule has 1 amide bonds. The van der Waals surface area contributed by atoms with Gasteiger partial charge in [-0.05, 0) is 36.4 Å². The summed E-state index contributed by atoms with van der Waals surface area (Å²) in [5, 5.41) is 9.18. The van der Waals surface area contributed by atoms with E-state index in [2.05, 4.69) is 35.9 Å². The van der Waals surface area contributed by atoms with Crippen molar-refractivity contribution in [1.29, 1.82) is 0 Å². The summed E-state index contributed by atoms with van der Waals surface area (Å²) >= 11 is 0. The smallest absolute Gasteiger partial charge is 0.231 e. The van der Waals surface area contributed by atoms with Gasteiger partial charge in [0.15, 0.2) is 11.5 Å². The van der Waals surface area contributed by atoms with Gasteiger partial charge in [0.2, 0.25) is 11.9 Å². The second-order valence-corrected chi connectivity index (χ2v) is 5.87. The summed E-state index contributed by atoms with van der Waals surface area (Å²) in [5.41, 5.74) is 3.71. The number of para-hydroxylation sites is 1. The molecule has 4 rings (SSSR count). The molecular formula is C19H17N7O. The molecular weight excluding hydrogens is 342 g/mol. The molecule has 0 unspecified atom stereocenters. The Balaban J connectivity index is 1.62. The van der Waals surface area contributed by atoms with Crippen molar-refractivity contribution in [3.8, 4) is 0 Å². The average molecular weight is 359 g/mol. The molecule has 27 heavy (non-hydrogen) atoms. The van der Waals surface area contributed by atoms with Crippen molar-refractivity contribution in [2.24, 2.45) is 0 Å². The average Bonchev–Trinajstić information content (AvgIpc) is 3.13. The maximum absolute atomic E-state index is 11.1. The second kappa shape index (κ2) is 7.12. The van der Waals surface area contributed by atoms with Gasteiger partial charge in [0.1, 0.15) is 5.52 Å². The Morgan fingerprint density at radius 2 is 1.59 bits per heavy atom. The van der Waals surface area contributed by atoms with E-state index in [-0.39, 0.29) is 5.91 Å². The van der Waals surface area contributed by atoms with Crippen LogP contribution in [0.5, 0.6) is 0 Å². The number of rotatable bonds is 5. The molecule has 0 aliphatic heterocycles. The minimum absolute atomic E-state index is 0.109. The van der Waals surface area contributed by atoms with Crippen molar-refractivity contribution < 1.29 is 4.79 Å². The maximum atomic E-state index is 11.1. The number of nitrogens with zero attached hydrogens (tertiary/aromatic N) is 3. The Kier molecular flexibility index (Phi) is 4.36. The van der Waals surface area contributed by atoms with Gasteiger partial charge >= 0.3 is 0 Å².